The van der Waals surface area contributed by atoms with Gasteiger partial charge in [0.15, 0.2) is 0 Å². The molecule has 0 saturated carbocycles. The summed E-state index contributed by atoms with van der Waals surface area (Å²) in [6.45, 7) is 6.22. The van der Waals surface area contributed by atoms with E-state index in [0.29, 0.717) is 0 Å². The summed E-state index contributed by atoms with van der Waals surface area (Å²) < 4.78 is 8.98. The molecule has 3 N–H and O–H groups in total. The molecule has 0 aliphatic rings. The first-order valence-electron chi connectivity index (χ1n) is 4.52. The van der Waals surface area contributed by atoms with Gasteiger partial charge in [-0.05, 0) is 27.7 Å². The van der Waals surface area contributed by atoms with Crippen LogP contribution in [0.5, 0.6) is 0 Å². The highest BCUT2D eigenvalue weighted by Gasteiger charge is 2.26. The molecule has 0 spiro atoms. The Labute approximate surface area is 88.3 Å². The fraction of sp³-hybridized carbons (Fsp3) is 0.778. The Morgan fingerprint density at radius 3 is 2.13 bits per heavy atom. The van der Waals surface area contributed by atoms with E-state index in [4.69, 9.17) is 15.6 Å². The van der Waals surface area contributed by atoms with E-state index in [1.54, 1.807) is 20.8 Å². The van der Waals surface area contributed by atoms with Crippen LogP contribution in [-0.2, 0) is 14.3 Å². The molecule has 0 aromatic rings. The van der Waals surface area contributed by atoms with E-state index < -0.39 is 29.9 Å². The molecular formula is C9H17NO5. The predicted molar refractivity (Wildman–Crippen MR) is 52.0 cm³/mol. The summed E-state index contributed by atoms with van der Waals surface area (Å²) in [6, 6.07) is -1.25. The topological polar surface area (TPSA) is 98.9 Å². The van der Waals surface area contributed by atoms with Crippen molar-refractivity contribution in [2.75, 3.05) is 0 Å². The largest absolute Gasteiger partial charge is 0.516 e. The van der Waals surface area contributed by atoms with Crippen molar-refractivity contribution < 1.29 is 24.2 Å². The van der Waals surface area contributed by atoms with Gasteiger partial charge in [0.05, 0.1) is 6.10 Å². The molecule has 0 rings (SSSR count). The molecule has 88 valence electrons. The summed E-state index contributed by atoms with van der Waals surface area (Å²) in [5.74, 6) is -1.01. The van der Waals surface area contributed by atoms with Crippen LogP contribution in [0.1, 0.15) is 27.7 Å². The minimum atomic E-state index is -1.25. The van der Waals surface area contributed by atoms with Gasteiger partial charge in [0.25, 0.3) is 0 Å². The molecule has 6 nitrogen and oxygen atoms in total. The molecule has 0 bridgehead atoms. The molecule has 0 unspecified atom stereocenters. The van der Waals surface area contributed by atoms with E-state index in [1.165, 1.54) is 6.92 Å². The SMILES string of the molecule is C[C@H](O)[C@H](N)C(=O)OC(=O)OC(C)(C)C. The zero-order chi connectivity index (χ0) is 12.2. The number of rotatable bonds is 2. The first kappa shape index (κ1) is 13.9. The molecule has 0 heterocycles. The maximum Gasteiger partial charge on any atom is 0.516 e. The van der Waals surface area contributed by atoms with Gasteiger partial charge in [0.1, 0.15) is 11.6 Å². The standard InChI is InChI=1S/C9H17NO5/c1-5(11)6(10)7(12)14-8(13)15-9(2,3)4/h5-6,11H,10H2,1-4H3/t5-,6-/m0/s1. The third kappa shape index (κ3) is 6.03. The van der Waals surface area contributed by atoms with Gasteiger partial charge in [-0.15, -0.1) is 0 Å². The van der Waals surface area contributed by atoms with Crippen LogP contribution in [0.4, 0.5) is 4.79 Å². The number of aliphatic hydroxyl groups is 1. The minimum Gasteiger partial charge on any atom is -0.428 e. The molecule has 0 amide bonds. The summed E-state index contributed by atoms with van der Waals surface area (Å²) >= 11 is 0. The number of carbonyl (C=O) groups excluding carboxylic acids is 2. The summed E-state index contributed by atoms with van der Waals surface area (Å²) in [4.78, 5) is 22.1. The first-order valence-corrected chi connectivity index (χ1v) is 4.52. The number of hydrogen-bond acceptors (Lipinski definition) is 6. The molecular weight excluding hydrogens is 202 g/mol. The second-order valence-electron chi connectivity index (χ2n) is 4.15. The zero-order valence-electron chi connectivity index (χ0n) is 9.31. The molecule has 6 heteroatoms. The third-order valence-electron chi connectivity index (χ3n) is 1.37. The van der Waals surface area contributed by atoms with Crippen LogP contribution < -0.4 is 5.73 Å². The molecule has 0 aliphatic carbocycles. The Balaban J connectivity index is 4.14. The Bertz CT molecular complexity index is 243. The van der Waals surface area contributed by atoms with Crippen molar-refractivity contribution in [3.05, 3.63) is 0 Å². The number of esters is 1. The van der Waals surface area contributed by atoms with Gasteiger partial charge in [-0.3, -0.25) is 0 Å². The smallest absolute Gasteiger partial charge is 0.428 e. The summed E-state index contributed by atoms with van der Waals surface area (Å²) in [7, 11) is 0. The first-order chi connectivity index (χ1) is 6.63. The van der Waals surface area contributed by atoms with Gasteiger partial charge in [-0.1, -0.05) is 0 Å². The number of hydrogen-bond donors (Lipinski definition) is 2. The van der Waals surface area contributed by atoms with Gasteiger partial charge >= 0.3 is 12.1 Å². The molecule has 15 heavy (non-hydrogen) atoms. The quantitative estimate of drug-likeness (QED) is 0.507. The summed E-state index contributed by atoms with van der Waals surface area (Å²) in [5, 5.41) is 8.96. The van der Waals surface area contributed by atoms with Gasteiger partial charge in [0.2, 0.25) is 0 Å². The van der Waals surface area contributed by atoms with Crippen LogP contribution in [0.2, 0.25) is 0 Å². The van der Waals surface area contributed by atoms with Crippen molar-refractivity contribution in [3.63, 3.8) is 0 Å². The molecule has 0 aliphatic heterocycles. The predicted octanol–water partition coefficient (Wildman–Crippen LogP) is 0.173. The lowest BCUT2D eigenvalue weighted by Gasteiger charge is -2.19. The molecule has 0 saturated heterocycles. The van der Waals surface area contributed by atoms with E-state index >= 15 is 0 Å². The van der Waals surface area contributed by atoms with Crippen LogP contribution in [0.25, 0.3) is 0 Å². The fourth-order valence-electron chi connectivity index (χ4n) is 0.618. The van der Waals surface area contributed by atoms with Crippen molar-refractivity contribution in [3.8, 4) is 0 Å². The number of ether oxygens (including phenoxy) is 2. The highest BCUT2D eigenvalue weighted by atomic mass is 16.7. The van der Waals surface area contributed by atoms with Crippen molar-refractivity contribution >= 4 is 12.1 Å². The maximum absolute atomic E-state index is 11.1. The molecule has 0 fully saturated rings. The minimum absolute atomic E-state index is 0.744. The second-order valence-corrected chi connectivity index (χ2v) is 4.15. The zero-order valence-corrected chi connectivity index (χ0v) is 9.31. The lowest BCUT2D eigenvalue weighted by atomic mass is 10.2. The summed E-state index contributed by atoms with van der Waals surface area (Å²) in [5.41, 5.74) is 4.50. The fourth-order valence-corrected chi connectivity index (χ4v) is 0.618. The Morgan fingerprint density at radius 2 is 1.80 bits per heavy atom. The Hall–Kier alpha value is -1.14. The van der Waals surface area contributed by atoms with Crippen molar-refractivity contribution in [2.24, 2.45) is 5.73 Å². The van der Waals surface area contributed by atoms with Crippen LogP contribution in [0.15, 0.2) is 0 Å². The van der Waals surface area contributed by atoms with Crippen molar-refractivity contribution in [1.82, 2.24) is 0 Å². The average molecular weight is 219 g/mol. The van der Waals surface area contributed by atoms with E-state index in [0.717, 1.165) is 0 Å². The molecule has 0 radical (unpaired) electrons. The van der Waals surface area contributed by atoms with Crippen LogP contribution in [0.3, 0.4) is 0 Å². The van der Waals surface area contributed by atoms with Crippen LogP contribution in [-0.4, -0.2) is 35.0 Å². The lowest BCUT2D eigenvalue weighted by Crippen LogP contribution is -2.42. The van der Waals surface area contributed by atoms with E-state index in [9.17, 15) is 9.59 Å². The Morgan fingerprint density at radius 1 is 1.33 bits per heavy atom. The van der Waals surface area contributed by atoms with E-state index in [2.05, 4.69) is 4.74 Å². The normalized spacial score (nSPS) is 15.3. The molecule has 0 aromatic carbocycles. The van der Waals surface area contributed by atoms with E-state index in [-0.39, 0.29) is 0 Å². The summed E-state index contributed by atoms with van der Waals surface area (Å²) in [6.07, 6.45) is -2.21. The number of carbonyl (C=O) groups is 2. The van der Waals surface area contributed by atoms with Crippen LogP contribution >= 0.6 is 0 Å². The number of aliphatic hydroxyl groups excluding tert-OH is 1. The van der Waals surface area contributed by atoms with Gasteiger partial charge in [0, 0.05) is 0 Å². The maximum atomic E-state index is 11.1. The number of nitrogens with two attached hydrogens (primary N) is 1. The third-order valence-corrected chi connectivity index (χ3v) is 1.37. The van der Waals surface area contributed by atoms with Gasteiger partial charge in [-0.25, -0.2) is 9.59 Å². The second kappa shape index (κ2) is 5.09. The van der Waals surface area contributed by atoms with E-state index in [1.807, 2.05) is 0 Å². The Kier molecular flexibility index (Phi) is 4.70. The monoisotopic (exact) mass is 219 g/mol. The van der Waals surface area contributed by atoms with Crippen molar-refractivity contribution in [1.29, 1.82) is 0 Å². The lowest BCUT2D eigenvalue weighted by molar-refractivity contribution is -0.145. The average Bonchev–Trinajstić information content (AvgIpc) is 1.98. The molecule has 0 aromatic heterocycles. The van der Waals surface area contributed by atoms with Gasteiger partial charge in [-0.2, -0.15) is 0 Å². The van der Waals surface area contributed by atoms with Gasteiger partial charge < -0.3 is 20.3 Å². The van der Waals surface area contributed by atoms with Crippen LogP contribution in [0, 0.1) is 0 Å². The van der Waals surface area contributed by atoms with Crippen molar-refractivity contribution in [2.45, 2.75) is 45.4 Å². The highest BCUT2D eigenvalue weighted by Crippen LogP contribution is 2.08. The molecule has 2 atom stereocenters. The highest BCUT2D eigenvalue weighted by molar-refractivity contribution is 5.85.